The van der Waals surface area contributed by atoms with E-state index in [0.29, 0.717) is 0 Å². The van der Waals surface area contributed by atoms with Crippen molar-refractivity contribution < 1.29 is 31.5 Å². The minimum atomic E-state index is -4.50. The van der Waals surface area contributed by atoms with Gasteiger partial charge in [-0.15, -0.1) is 0 Å². The molecular weight excluding hydrogens is 313 g/mol. The van der Waals surface area contributed by atoms with Gasteiger partial charge in [0.1, 0.15) is 6.61 Å². The molecule has 0 radical (unpaired) electrons. The summed E-state index contributed by atoms with van der Waals surface area (Å²) < 4.78 is 63.7. The molecule has 0 aliphatic carbocycles. The molecule has 0 aliphatic heterocycles. The Morgan fingerprint density at radius 2 is 2.05 bits per heavy atom. The first-order valence-corrected chi connectivity index (χ1v) is 7.26. The summed E-state index contributed by atoms with van der Waals surface area (Å²) in [5, 5.41) is 11.3. The number of amidine groups is 1. The number of halogens is 3. The van der Waals surface area contributed by atoms with E-state index in [-0.39, 0.29) is 16.3 Å². The summed E-state index contributed by atoms with van der Waals surface area (Å²) in [4.78, 5) is -0.151. The van der Waals surface area contributed by atoms with Crippen LogP contribution in [0.2, 0.25) is 0 Å². The van der Waals surface area contributed by atoms with Crippen LogP contribution in [0.4, 0.5) is 13.2 Å². The van der Waals surface area contributed by atoms with Crippen molar-refractivity contribution in [2.24, 2.45) is 10.9 Å². The predicted molar refractivity (Wildman–Crippen MR) is 67.9 cm³/mol. The van der Waals surface area contributed by atoms with Crippen LogP contribution in [0.25, 0.3) is 0 Å². The minimum absolute atomic E-state index is 0.151. The lowest BCUT2D eigenvalue weighted by atomic mass is 10.2. The molecule has 0 fully saturated rings. The van der Waals surface area contributed by atoms with Gasteiger partial charge < -0.3 is 15.7 Å². The van der Waals surface area contributed by atoms with E-state index in [1.165, 1.54) is 18.2 Å². The number of hydrogen-bond acceptors (Lipinski definition) is 5. The molecule has 10 heteroatoms. The first-order valence-electron chi connectivity index (χ1n) is 5.61. The van der Waals surface area contributed by atoms with Gasteiger partial charge in [-0.2, -0.15) is 13.2 Å². The summed E-state index contributed by atoms with van der Waals surface area (Å²) in [6.45, 7) is -2.09. The Morgan fingerprint density at radius 1 is 1.38 bits per heavy atom. The number of nitrogens with two attached hydrogens (primary N) is 1. The Kier molecular flexibility index (Phi) is 5.55. The molecule has 1 aromatic rings. The molecule has 0 aromatic heterocycles. The molecule has 0 saturated carbocycles. The fourth-order valence-electron chi connectivity index (χ4n) is 1.38. The Hall–Kier alpha value is -1.81. The van der Waals surface area contributed by atoms with Gasteiger partial charge in [-0.25, -0.2) is 8.42 Å². The highest BCUT2D eigenvalue weighted by atomic mass is 32.2. The smallest absolute Gasteiger partial charge is 0.409 e. The number of alkyl halides is 3. The number of sulfone groups is 1. The molecule has 0 amide bonds. The third-order valence-corrected chi connectivity index (χ3v) is 4.04. The second-order valence-corrected chi connectivity index (χ2v) is 6.11. The van der Waals surface area contributed by atoms with Crippen molar-refractivity contribution in [1.82, 2.24) is 0 Å². The zero-order valence-corrected chi connectivity index (χ0v) is 11.5. The summed E-state index contributed by atoms with van der Waals surface area (Å²) in [6, 6.07) is 5.21. The van der Waals surface area contributed by atoms with Gasteiger partial charge in [-0.1, -0.05) is 17.3 Å². The van der Waals surface area contributed by atoms with E-state index in [0.717, 1.165) is 6.07 Å². The molecule has 1 aromatic carbocycles. The third kappa shape index (κ3) is 5.60. The molecule has 0 spiro atoms. The lowest BCUT2D eigenvalue weighted by Gasteiger charge is -2.09. The largest absolute Gasteiger partial charge is 0.411 e. The van der Waals surface area contributed by atoms with Crippen molar-refractivity contribution in [2.75, 3.05) is 19.0 Å². The Morgan fingerprint density at radius 3 is 2.62 bits per heavy atom. The number of nitrogens with zero attached hydrogens (tertiary/aromatic N) is 1. The Bertz CT molecular complexity index is 614. The number of benzene rings is 1. The van der Waals surface area contributed by atoms with E-state index in [1.54, 1.807) is 0 Å². The molecule has 0 bridgehead atoms. The van der Waals surface area contributed by atoms with Gasteiger partial charge in [0.05, 0.1) is 17.3 Å². The van der Waals surface area contributed by atoms with Crippen molar-refractivity contribution in [1.29, 1.82) is 0 Å². The maximum atomic E-state index is 11.9. The van der Waals surface area contributed by atoms with Crippen LogP contribution < -0.4 is 5.73 Å². The molecular formula is C11H13F3N2O4S. The highest BCUT2D eigenvalue weighted by Gasteiger charge is 2.27. The van der Waals surface area contributed by atoms with Crippen molar-refractivity contribution in [3.8, 4) is 0 Å². The van der Waals surface area contributed by atoms with Gasteiger partial charge in [0.25, 0.3) is 0 Å². The monoisotopic (exact) mass is 326 g/mol. The summed E-state index contributed by atoms with van der Waals surface area (Å²) in [5.41, 5.74) is 5.51. The number of ether oxygens (including phenoxy) is 1. The first-order chi connectivity index (χ1) is 9.65. The molecule has 0 atom stereocenters. The molecule has 3 N–H and O–H groups in total. The third-order valence-electron chi connectivity index (χ3n) is 2.36. The zero-order chi connectivity index (χ0) is 16.1. The SMILES string of the molecule is N/C(=N/O)c1cccc(S(=O)(=O)CCOCC(F)(F)F)c1. The molecule has 1 rings (SSSR count). The van der Waals surface area contributed by atoms with Crippen molar-refractivity contribution >= 4 is 15.7 Å². The van der Waals surface area contributed by atoms with Crippen molar-refractivity contribution in [2.45, 2.75) is 11.1 Å². The minimum Gasteiger partial charge on any atom is -0.409 e. The summed E-state index contributed by atoms with van der Waals surface area (Å²) in [7, 11) is -3.83. The van der Waals surface area contributed by atoms with Gasteiger partial charge in [0, 0.05) is 5.56 Å². The van der Waals surface area contributed by atoms with Crippen LogP contribution in [0.15, 0.2) is 34.3 Å². The zero-order valence-electron chi connectivity index (χ0n) is 10.7. The quantitative estimate of drug-likeness (QED) is 0.268. The van der Waals surface area contributed by atoms with E-state index in [1.807, 2.05) is 0 Å². The van der Waals surface area contributed by atoms with Crippen LogP contribution in [-0.2, 0) is 14.6 Å². The molecule has 0 saturated heterocycles. The fourth-order valence-corrected chi connectivity index (χ4v) is 2.55. The lowest BCUT2D eigenvalue weighted by Crippen LogP contribution is -2.21. The molecule has 21 heavy (non-hydrogen) atoms. The van der Waals surface area contributed by atoms with E-state index >= 15 is 0 Å². The molecule has 0 heterocycles. The van der Waals surface area contributed by atoms with E-state index < -0.39 is 35.0 Å². The number of oxime groups is 1. The van der Waals surface area contributed by atoms with Crippen LogP contribution in [0.5, 0.6) is 0 Å². The van der Waals surface area contributed by atoms with Gasteiger partial charge in [0.15, 0.2) is 15.7 Å². The van der Waals surface area contributed by atoms with E-state index in [4.69, 9.17) is 10.9 Å². The van der Waals surface area contributed by atoms with Gasteiger partial charge >= 0.3 is 6.18 Å². The topological polar surface area (TPSA) is 102 Å². The highest BCUT2D eigenvalue weighted by Crippen LogP contribution is 2.16. The number of hydrogen-bond donors (Lipinski definition) is 2. The molecule has 6 nitrogen and oxygen atoms in total. The Balaban J connectivity index is 2.75. The van der Waals surface area contributed by atoms with Crippen molar-refractivity contribution in [3.63, 3.8) is 0 Å². The van der Waals surface area contributed by atoms with Gasteiger partial charge in [0.2, 0.25) is 0 Å². The maximum absolute atomic E-state index is 11.9. The highest BCUT2D eigenvalue weighted by molar-refractivity contribution is 7.91. The van der Waals surface area contributed by atoms with Crippen LogP contribution in [0.3, 0.4) is 0 Å². The molecule has 0 unspecified atom stereocenters. The second kappa shape index (κ2) is 6.76. The normalized spacial score (nSPS) is 13.4. The van der Waals surface area contributed by atoms with E-state index in [9.17, 15) is 21.6 Å². The average molecular weight is 326 g/mol. The maximum Gasteiger partial charge on any atom is 0.411 e. The second-order valence-electron chi connectivity index (χ2n) is 4.00. The number of rotatable bonds is 6. The molecule has 118 valence electrons. The van der Waals surface area contributed by atoms with Crippen LogP contribution in [-0.4, -0.2) is 44.6 Å². The summed E-state index contributed by atoms with van der Waals surface area (Å²) >= 11 is 0. The lowest BCUT2D eigenvalue weighted by molar-refractivity contribution is -0.172. The van der Waals surface area contributed by atoms with Crippen LogP contribution in [0.1, 0.15) is 5.56 Å². The molecule has 0 aliphatic rings. The summed E-state index contributed by atoms with van der Waals surface area (Å²) in [5.74, 6) is -0.886. The first kappa shape index (κ1) is 17.2. The fraction of sp³-hybridized carbons (Fsp3) is 0.364. The van der Waals surface area contributed by atoms with E-state index in [2.05, 4.69) is 9.89 Å². The van der Waals surface area contributed by atoms with Crippen LogP contribution in [0, 0.1) is 0 Å². The Labute approximate surface area is 118 Å². The van der Waals surface area contributed by atoms with Gasteiger partial charge in [-0.05, 0) is 12.1 Å². The standard InChI is InChI=1S/C11H13F3N2O4S/c12-11(13,14)7-20-4-5-21(18,19)9-3-1-2-8(6-9)10(15)16-17/h1-3,6,17H,4-5,7H2,(H2,15,16). The van der Waals surface area contributed by atoms with Crippen LogP contribution >= 0.6 is 0 Å². The van der Waals surface area contributed by atoms with Crippen molar-refractivity contribution in [3.05, 3.63) is 29.8 Å². The average Bonchev–Trinajstić information content (AvgIpc) is 2.42. The summed E-state index contributed by atoms with van der Waals surface area (Å²) in [6.07, 6.45) is -4.50. The predicted octanol–water partition coefficient (Wildman–Crippen LogP) is 1.13. The van der Waals surface area contributed by atoms with Gasteiger partial charge in [-0.3, -0.25) is 0 Å².